The molecule has 1 aliphatic rings. The lowest BCUT2D eigenvalue weighted by atomic mass is 9.87. The van der Waals surface area contributed by atoms with Crippen LogP contribution in [0.5, 0.6) is 11.5 Å². The summed E-state index contributed by atoms with van der Waals surface area (Å²) in [4.78, 5) is 15.3. The first kappa shape index (κ1) is 23.0. The number of amides is 1. The summed E-state index contributed by atoms with van der Waals surface area (Å²) < 4.78 is 14.0. The van der Waals surface area contributed by atoms with E-state index in [2.05, 4.69) is 48.1 Å². The van der Waals surface area contributed by atoms with Gasteiger partial charge in [0.15, 0.2) is 11.5 Å². The van der Waals surface area contributed by atoms with Crippen molar-refractivity contribution in [2.75, 3.05) is 20.2 Å². The van der Waals surface area contributed by atoms with Crippen LogP contribution in [-0.2, 0) is 18.4 Å². The number of aryl methyl sites for hydroxylation is 1. The Morgan fingerprint density at radius 2 is 1.69 bits per heavy atom. The molecule has 5 heteroatoms. The summed E-state index contributed by atoms with van der Waals surface area (Å²) in [6.07, 6.45) is 4.77. The maximum Gasteiger partial charge on any atom is 0.223 e. The van der Waals surface area contributed by atoms with E-state index in [0.717, 1.165) is 48.1 Å². The molecule has 1 aromatic heterocycles. The van der Waals surface area contributed by atoms with Gasteiger partial charge in [0, 0.05) is 49.6 Å². The van der Waals surface area contributed by atoms with Gasteiger partial charge in [-0.05, 0) is 47.7 Å². The highest BCUT2D eigenvalue weighted by Crippen LogP contribution is 2.39. The maximum absolute atomic E-state index is 13.3. The Kier molecular flexibility index (Phi) is 6.75. The molecule has 0 radical (unpaired) electrons. The van der Waals surface area contributed by atoms with E-state index in [-0.39, 0.29) is 11.8 Å². The molecule has 2 heterocycles. The fraction of sp³-hybridized carbons (Fsp3) is 0.300. The third kappa shape index (κ3) is 4.90. The number of methoxy groups -OCH3 is 1. The van der Waals surface area contributed by atoms with Crippen molar-refractivity contribution in [1.29, 1.82) is 0 Å². The molecule has 0 unspecified atom stereocenters. The van der Waals surface area contributed by atoms with Gasteiger partial charge < -0.3 is 18.9 Å². The normalized spacial score (nSPS) is 14.3. The number of carbonyl (C=O) groups is 1. The Balaban J connectivity index is 1.53. The number of hydrogen-bond donors (Lipinski definition) is 0. The topological polar surface area (TPSA) is 43.7 Å². The van der Waals surface area contributed by atoms with Gasteiger partial charge >= 0.3 is 0 Å². The first-order valence-corrected chi connectivity index (χ1v) is 12.3. The molecule has 5 rings (SSSR count). The van der Waals surface area contributed by atoms with Gasteiger partial charge in [-0.3, -0.25) is 4.79 Å². The summed E-state index contributed by atoms with van der Waals surface area (Å²) in [5.74, 6) is 1.50. The molecule has 180 valence electrons. The molecule has 1 atom stereocenters. The van der Waals surface area contributed by atoms with Crippen LogP contribution in [0.2, 0.25) is 0 Å². The summed E-state index contributed by atoms with van der Waals surface area (Å²) in [7, 11) is 3.72. The standard InChI is InChI=1S/C30H32N2O3/c1-31-20-26(24-12-6-7-13-27(24)31)25(19-30(33)32-16-8-9-17-32)23-14-15-28(34-2)29(18-23)35-21-22-10-4-3-5-11-22/h3-7,10-15,18,20,25H,8-9,16-17,19,21H2,1-2H3/t25-/m1/s1. The predicted octanol–water partition coefficient (Wildman–Crippen LogP) is 5.91. The molecule has 5 nitrogen and oxygen atoms in total. The minimum absolute atomic E-state index is 0.0841. The van der Waals surface area contributed by atoms with Crippen molar-refractivity contribution in [1.82, 2.24) is 9.47 Å². The van der Waals surface area contributed by atoms with Crippen LogP contribution < -0.4 is 9.47 Å². The van der Waals surface area contributed by atoms with E-state index in [1.807, 2.05) is 47.4 Å². The van der Waals surface area contributed by atoms with Gasteiger partial charge in [0.2, 0.25) is 5.91 Å². The van der Waals surface area contributed by atoms with Gasteiger partial charge in [-0.1, -0.05) is 54.6 Å². The van der Waals surface area contributed by atoms with Gasteiger partial charge in [0.05, 0.1) is 7.11 Å². The van der Waals surface area contributed by atoms with Crippen LogP contribution >= 0.6 is 0 Å². The zero-order valence-electron chi connectivity index (χ0n) is 20.4. The average Bonchev–Trinajstić information content (AvgIpc) is 3.55. The smallest absolute Gasteiger partial charge is 0.223 e. The van der Waals surface area contributed by atoms with E-state index in [4.69, 9.17) is 9.47 Å². The Morgan fingerprint density at radius 3 is 2.46 bits per heavy atom. The van der Waals surface area contributed by atoms with E-state index in [1.54, 1.807) is 7.11 Å². The Hall–Kier alpha value is -3.73. The zero-order chi connectivity index (χ0) is 24.2. The number of rotatable bonds is 8. The first-order chi connectivity index (χ1) is 17.1. The molecule has 0 spiro atoms. The Labute approximate surface area is 206 Å². The summed E-state index contributed by atoms with van der Waals surface area (Å²) >= 11 is 0. The lowest BCUT2D eigenvalue weighted by molar-refractivity contribution is -0.130. The van der Waals surface area contributed by atoms with Crippen LogP contribution in [0.3, 0.4) is 0 Å². The predicted molar refractivity (Wildman–Crippen MR) is 139 cm³/mol. The van der Waals surface area contributed by atoms with Crippen LogP contribution in [0, 0.1) is 0 Å². The Morgan fingerprint density at radius 1 is 0.943 bits per heavy atom. The molecule has 3 aromatic carbocycles. The van der Waals surface area contributed by atoms with Crippen molar-refractivity contribution in [2.24, 2.45) is 7.05 Å². The lowest BCUT2D eigenvalue weighted by Crippen LogP contribution is -2.29. The fourth-order valence-electron chi connectivity index (χ4n) is 5.09. The van der Waals surface area contributed by atoms with E-state index in [0.29, 0.717) is 24.5 Å². The maximum atomic E-state index is 13.3. The zero-order valence-corrected chi connectivity index (χ0v) is 20.4. The lowest BCUT2D eigenvalue weighted by Gasteiger charge is -2.22. The van der Waals surface area contributed by atoms with Gasteiger partial charge in [-0.2, -0.15) is 0 Å². The molecule has 4 aromatic rings. The number of benzene rings is 3. The van der Waals surface area contributed by atoms with Crippen molar-refractivity contribution in [3.8, 4) is 11.5 Å². The SMILES string of the molecule is COc1ccc([C@@H](CC(=O)N2CCCC2)c2cn(C)c3ccccc23)cc1OCc1ccccc1. The van der Waals surface area contributed by atoms with E-state index >= 15 is 0 Å². The van der Waals surface area contributed by atoms with Crippen LogP contribution in [0.25, 0.3) is 10.9 Å². The molecule has 1 aliphatic heterocycles. The molecule has 0 bridgehead atoms. The number of fused-ring (bicyclic) bond motifs is 1. The highest BCUT2D eigenvalue weighted by Gasteiger charge is 2.27. The van der Waals surface area contributed by atoms with Gasteiger partial charge in [-0.15, -0.1) is 0 Å². The number of ether oxygens (including phenoxy) is 2. The van der Waals surface area contributed by atoms with Gasteiger partial charge in [-0.25, -0.2) is 0 Å². The molecule has 35 heavy (non-hydrogen) atoms. The second-order valence-electron chi connectivity index (χ2n) is 9.24. The number of aromatic nitrogens is 1. The number of carbonyl (C=O) groups excluding carboxylic acids is 1. The summed E-state index contributed by atoms with van der Waals surface area (Å²) in [6, 6.07) is 24.6. The highest BCUT2D eigenvalue weighted by molar-refractivity contribution is 5.86. The number of hydrogen-bond acceptors (Lipinski definition) is 3. The molecule has 0 aliphatic carbocycles. The molecular formula is C30H32N2O3. The third-order valence-electron chi connectivity index (χ3n) is 6.97. The third-order valence-corrected chi connectivity index (χ3v) is 6.97. The minimum atomic E-state index is -0.0841. The molecule has 0 saturated carbocycles. The van der Waals surface area contributed by atoms with Crippen molar-refractivity contribution in [3.63, 3.8) is 0 Å². The largest absolute Gasteiger partial charge is 0.493 e. The molecule has 0 N–H and O–H groups in total. The van der Waals surface area contributed by atoms with Crippen molar-refractivity contribution >= 4 is 16.8 Å². The number of para-hydroxylation sites is 1. The van der Waals surface area contributed by atoms with Crippen LogP contribution in [-0.4, -0.2) is 35.6 Å². The average molecular weight is 469 g/mol. The molecule has 1 saturated heterocycles. The van der Waals surface area contributed by atoms with E-state index < -0.39 is 0 Å². The second kappa shape index (κ2) is 10.3. The van der Waals surface area contributed by atoms with Gasteiger partial charge in [0.1, 0.15) is 6.61 Å². The summed E-state index contributed by atoms with van der Waals surface area (Å²) in [5.41, 5.74) is 4.47. The molecular weight excluding hydrogens is 436 g/mol. The monoisotopic (exact) mass is 468 g/mol. The molecule has 1 fully saturated rings. The first-order valence-electron chi connectivity index (χ1n) is 12.3. The van der Waals surface area contributed by atoms with Crippen molar-refractivity contribution < 1.29 is 14.3 Å². The molecule has 1 amide bonds. The van der Waals surface area contributed by atoms with E-state index in [9.17, 15) is 4.79 Å². The second-order valence-corrected chi connectivity index (χ2v) is 9.24. The summed E-state index contributed by atoms with van der Waals surface area (Å²) in [5, 5.41) is 1.18. The van der Waals surface area contributed by atoms with Crippen molar-refractivity contribution in [2.45, 2.75) is 31.8 Å². The van der Waals surface area contributed by atoms with Crippen LogP contribution in [0.15, 0.2) is 79.0 Å². The van der Waals surface area contributed by atoms with Crippen LogP contribution in [0.4, 0.5) is 0 Å². The quantitative estimate of drug-likeness (QED) is 0.323. The Bertz CT molecular complexity index is 1310. The summed E-state index contributed by atoms with van der Waals surface area (Å²) in [6.45, 7) is 2.16. The van der Waals surface area contributed by atoms with E-state index in [1.165, 1.54) is 5.39 Å². The highest BCUT2D eigenvalue weighted by atomic mass is 16.5. The van der Waals surface area contributed by atoms with Crippen LogP contribution in [0.1, 0.15) is 41.9 Å². The number of likely N-dealkylation sites (tertiary alicyclic amines) is 1. The number of nitrogens with zero attached hydrogens (tertiary/aromatic N) is 2. The van der Waals surface area contributed by atoms with Crippen molar-refractivity contribution in [3.05, 3.63) is 95.7 Å². The fourth-order valence-corrected chi connectivity index (χ4v) is 5.09. The van der Waals surface area contributed by atoms with Gasteiger partial charge in [0.25, 0.3) is 0 Å². The minimum Gasteiger partial charge on any atom is -0.493 e.